The molecule has 1 aliphatic heterocycles. The first kappa shape index (κ1) is 24.3. The Balaban J connectivity index is 1.79. The fraction of sp³-hybridized carbons (Fsp3) is 0.250. The number of benzene rings is 2. The number of carbonyl (C=O) groups excluding carboxylic acids is 3. The Kier molecular flexibility index (Phi) is 7.86. The number of methoxy groups -OCH3 is 1. The summed E-state index contributed by atoms with van der Waals surface area (Å²) in [5, 5.41) is 10.8. The van der Waals surface area contributed by atoms with Crippen LogP contribution in [0.25, 0.3) is 6.08 Å². The van der Waals surface area contributed by atoms with Crippen molar-refractivity contribution in [2.24, 2.45) is 0 Å². The number of rotatable bonds is 10. The van der Waals surface area contributed by atoms with Crippen LogP contribution >= 0.6 is 0 Å². The number of carboxylic acid groups (broad SMARTS) is 1. The van der Waals surface area contributed by atoms with Crippen LogP contribution in [0.1, 0.15) is 24.5 Å². The van der Waals surface area contributed by atoms with Crippen molar-refractivity contribution in [1.82, 2.24) is 10.2 Å². The highest BCUT2D eigenvalue weighted by molar-refractivity contribution is 6.30. The SMILES string of the molecule is CCCOc1ccc(CN2C(=O)NC(=O)C(=Cc3ccc(OCC(=O)O)cc3)C2=O)cc1OC. The van der Waals surface area contributed by atoms with Gasteiger partial charge in [-0.25, -0.2) is 9.59 Å². The largest absolute Gasteiger partial charge is 0.493 e. The Hall–Kier alpha value is -4.34. The number of carboxylic acids is 1. The second-order valence-corrected chi connectivity index (χ2v) is 7.29. The van der Waals surface area contributed by atoms with Crippen LogP contribution in [0, 0.1) is 0 Å². The first-order valence-electron chi connectivity index (χ1n) is 10.5. The van der Waals surface area contributed by atoms with Crippen LogP contribution in [-0.4, -0.2) is 54.1 Å². The van der Waals surface area contributed by atoms with Gasteiger partial charge >= 0.3 is 12.0 Å². The summed E-state index contributed by atoms with van der Waals surface area (Å²) >= 11 is 0. The highest BCUT2D eigenvalue weighted by Gasteiger charge is 2.35. The standard InChI is InChI=1S/C24H24N2O8/c1-3-10-33-19-9-6-16(12-20(19)32-2)13-26-23(30)18(22(29)25-24(26)31)11-15-4-7-17(8-5-15)34-14-21(27)28/h4-9,11-12H,3,10,13-14H2,1-2H3,(H,27,28)(H,25,29,31). The maximum absolute atomic E-state index is 13.0. The van der Waals surface area contributed by atoms with E-state index >= 15 is 0 Å². The first-order chi connectivity index (χ1) is 16.3. The van der Waals surface area contributed by atoms with Gasteiger partial charge in [0, 0.05) is 0 Å². The number of imide groups is 2. The van der Waals surface area contributed by atoms with E-state index < -0.39 is 30.4 Å². The van der Waals surface area contributed by atoms with Crippen LogP contribution in [0.3, 0.4) is 0 Å². The lowest BCUT2D eigenvalue weighted by Gasteiger charge is -2.26. The Morgan fingerprint density at radius 3 is 2.44 bits per heavy atom. The molecule has 2 N–H and O–H groups in total. The minimum absolute atomic E-state index is 0.0817. The van der Waals surface area contributed by atoms with E-state index in [1.54, 1.807) is 30.3 Å². The van der Waals surface area contributed by atoms with Gasteiger partial charge in [-0.15, -0.1) is 0 Å². The quantitative estimate of drug-likeness (QED) is 0.402. The van der Waals surface area contributed by atoms with Crippen molar-refractivity contribution in [2.45, 2.75) is 19.9 Å². The molecule has 178 valence electrons. The summed E-state index contributed by atoms with van der Waals surface area (Å²) in [4.78, 5) is 49.2. The topological polar surface area (TPSA) is 131 Å². The number of hydrogen-bond acceptors (Lipinski definition) is 7. The lowest BCUT2D eigenvalue weighted by molar-refractivity contribution is -0.139. The second kappa shape index (κ2) is 11.0. The Labute approximate surface area is 195 Å². The molecular formula is C24H24N2O8. The van der Waals surface area contributed by atoms with Crippen LogP contribution in [0.2, 0.25) is 0 Å². The van der Waals surface area contributed by atoms with Gasteiger partial charge in [-0.3, -0.25) is 19.8 Å². The number of hydrogen-bond donors (Lipinski definition) is 2. The zero-order valence-electron chi connectivity index (χ0n) is 18.7. The number of urea groups is 1. The summed E-state index contributed by atoms with van der Waals surface area (Å²) < 4.78 is 16.0. The molecule has 3 rings (SSSR count). The lowest BCUT2D eigenvalue weighted by atomic mass is 10.1. The number of aliphatic carboxylic acids is 1. The molecular weight excluding hydrogens is 444 g/mol. The molecule has 0 radical (unpaired) electrons. The third-order valence-corrected chi connectivity index (χ3v) is 4.77. The van der Waals surface area contributed by atoms with Crippen molar-refractivity contribution < 1.29 is 38.5 Å². The first-order valence-corrected chi connectivity index (χ1v) is 10.5. The predicted molar refractivity (Wildman–Crippen MR) is 120 cm³/mol. The van der Waals surface area contributed by atoms with E-state index in [9.17, 15) is 19.2 Å². The van der Waals surface area contributed by atoms with Gasteiger partial charge < -0.3 is 19.3 Å². The molecule has 1 heterocycles. The van der Waals surface area contributed by atoms with Gasteiger partial charge in [0.25, 0.3) is 11.8 Å². The molecule has 4 amide bonds. The number of barbiturate groups is 1. The highest BCUT2D eigenvalue weighted by atomic mass is 16.5. The predicted octanol–water partition coefficient (Wildman–Crippen LogP) is 2.61. The van der Waals surface area contributed by atoms with Gasteiger partial charge in [0.2, 0.25) is 0 Å². The molecule has 0 aromatic heterocycles. The summed E-state index contributed by atoms with van der Waals surface area (Å²) in [7, 11) is 1.49. The number of carbonyl (C=O) groups is 4. The van der Waals surface area contributed by atoms with Crippen molar-refractivity contribution >= 4 is 29.9 Å². The molecule has 10 heteroatoms. The number of ether oxygens (including phenoxy) is 3. The third kappa shape index (κ3) is 5.91. The average Bonchev–Trinajstić information content (AvgIpc) is 2.82. The maximum atomic E-state index is 13.0. The summed E-state index contributed by atoms with van der Waals surface area (Å²) in [6, 6.07) is 10.4. The molecule has 2 aromatic carbocycles. The van der Waals surface area contributed by atoms with E-state index in [2.05, 4.69) is 5.32 Å². The van der Waals surface area contributed by atoms with Crippen LogP contribution in [-0.2, 0) is 20.9 Å². The number of amides is 4. The van der Waals surface area contributed by atoms with E-state index in [4.69, 9.17) is 19.3 Å². The van der Waals surface area contributed by atoms with Crippen molar-refractivity contribution in [3.8, 4) is 17.2 Å². The molecule has 1 aliphatic rings. The fourth-order valence-electron chi connectivity index (χ4n) is 3.13. The fourth-order valence-corrected chi connectivity index (χ4v) is 3.13. The van der Waals surface area contributed by atoms with Crippen LogP contribution in [0.5, 0.6) is 17.2 Å². The minimum Gasteiger partial charge on any atom is -0.493 e. The van der Waals surface area contributed by atoms with Gasteiger partial charge in [-0.05, 0) is 47.9 Å². The van der Waals surface area contributed by atoms with Gasteiger partial charge in [0.05, 0.1) is 20.3 Å². The molecule has 34 heavy (non-hydrogen) atoms. The number of nitrogens with one attached hydrogen (secondary N) is 1. The summed E-state index contributed by atoms with van der Waals surface area (Å²) in [5.41, 5.74) is 0.890. The molecule has 0 spiro atoms. The van der Waals surface area contributed by atoms with E-state index in [1.165, 1.54) is 25.3 Å². The zero-order chi connectivity index (χ0) is 24.7. The van der Waals surface area contributed by atoms with Gasteiger partial charge in [0.15, 0.2) is 18.1 Å². The van der Waals surface area contributed by atoms with Crippen LogP contribution in [0.4, 0.5) is 4.79 Å². The molecule has 0 unspecified atom stereocenters. The average molecular weight is 468 g/mol. The van der Waals surface area contributed by atoms with Crippen molar-refractivity contribution in [2.75, 3.05) is 20.3 Å². The zero-order valence-corrected chi connectivity index (χ0v) is 18.7. The van der Waals surface area contributed by atoms with Crippen molar-refractivity contribution in [3.05, 3.63) is 59.2 Å². The monoisotopic (exact) mass is 468 g/mol. The molecule has 1 saturated heterocycles. The highest BCUT2D eigenvalue weighted by Crippen LogP contribution is 2.29. The molecule has 0 atom stereocenters. The van der Waals surface area contributed by atoms with E-state index in [1.807, 2.05) is 6.92 Å². The summed E-state index contributed by atoms with van der Waals surface area (Å²) in [5.74, 6) is -1.33. The van der Waals surface area contributed by atoms with Gasteiger partial charge in [0.1, 0.15) is 11.3 Å². The summed E-state index contributed by atoms with van der Waals surface area (Å²) in [6.45, 7) is 1.93. The molecule has 0 aliphatic carbocycles. The second-order valence-electron chi connectivity index (χ2n) is 7.29. The van der Waals surface area contributed by atoms with Crippen LogP contribution in [0.15, 0.2) is 48.0 Å². The molecule has 10 nitrogen and oxygen atoms in total. The van der Waals surface area contributed by atoms with Crippen LogP contribution < -0.4 is 19.5 Å². The Morgan fingerprint density at radius 1 is 1.06 bits per heavy atom. The minimum atomic E-state index is -1.11. The van der Waals surface area contributed by atoms with Gasteiger partial charge in [-0.2, -0.15) is 0 Å². The normalized spacial score (nSPS) is 14.7. The molecule has 2 aromatic rings. The lowest BCUT2D eigenvalue weighted by Crippen LogP contribution is -2.53. The summed E-state index contributed by atoms with van der Waals surface area (Å²) in [6.07, 6.45) is 2.18. The number of nitrogens with zero attached hydrogens (tertiary/aromatic N) is 1. The molecule has 0 saturated carbocycles. The van der Waals surface area contributed by atoms with E-state index in [-0.39, 0.29) is 12.1 Å². The molecule has 0 bridgehead atoms. The Bertz CT molecular complexity index is 1120. The third-order valence-electron chi connectivity index (χ3n) is 4.77. The van der Waals surface area contributed by atoms with Gasteiger partial charge in [-0.1, -0.05) is 25.1 Å². The van der Waals surface area contributed by atoms with E-state index in [0.717, 1.165) is 11.3 Å². The Morgan fingerprint density at radius 2 is 1.79 bits per heavy atom. The molecule has 1 fully saturated rings. The smallest absolute Gasteiger partial charge is 0.341 e. The van der Waals surface area contributed by atoms with Crippen molar-refractivity contribution in [3.63, 3.8) is 0 Å². The maximum Gasteiger partial charge on any atom is 0.341 e. The van der Waals surface area contributed by atoms with Crippen molar-refractivity contribution in [1.29, 1.82) is 0 Å². The van der Waals surface area contributed by atoms with E-state index in [0.29, 0.717) is 35.0 Å².